The van der Waals surface area contributed by atoms with Gasteiger partial charge in [-0.15, -0.1) is 0 Å². The minimum atomic E-state index is -0.121. The summed E-state index contributed by atoms with van der Waals surface area (Å²) >= 11 is 0. The molecule has 0 radical (unpaired) electrons. The SMILES string of the molecule is Cc1ccc(-c2noc(C)c2Cn2ncc(C3CCCN3)cc2=O)cn1. The van der Waals surface area contributed by atoms with Crippen LogP contribution in [0, 0.1) is 13.8 Å². The molecule has 4 heterocycles. The number of rotatable bonds is 4. The molecule has 0 saturated carbocycles. The maximum absolute atomic E-state index is 12.5. The Morgan fingerprint density at radius 2 is 2.19 bits per heavy atom. The fourth-order valence-corrected chi connectivity index (χ4v) is 3.29. The topological polar surface area (TPSA) is 85.8 Å². The van der Waals surface area contributed by atoms with Crippen LogP contribution in [0.3, 0.4) is 0 Å². The molecule has 3 aromatic heterocycles. The number of nitrogens with one attached hydrogen (secondary N) is 1. The first-order chi connectivity index (χ1) is 12.6. The molecular formula is C19H21N5O2. The summed E-state index contributed by atoms with van der Waals surface area (Å²) < 4.78 is 6.81. The molecule has 1 aliphatic rings. The highest BCUT2D eigenvalue weighted by Crippen LogP contribution is 2.25. The van der Waals surface area contributed by atoms with Gasteiger partial charge in [-0.05, 0) is 50.9 Å². The molecule has 1 atom stereocenters. The maximum atomic E-state index is 12.5. The Bertz CT molecular complexity index is 968. The number of aryl methyl sites for hydroxylation is 2. The molecule has 1 N–H and O–H groups in total. The molecule has 0 spiro atoms. The van der Waals surface area contributed by atoms with Crippen LogP contribution < -0.4 is 10.9 Å². The fourth-order valence-electron chi connectivity index (χ4n) is 3.29. The van der Waals surface area contributed by atoms with Gasteiger partial charge in [-0.3, -0.25) is 9.78 Å². The monoisotopic (exact) mass is 351 g/mol. The molecule has 0 amide bonds. The highest BCUT2D eigenvalue weighted by atomic mass is 16.5. The molecular weight excluding hydrogens is 330 g/mol. The summed E-state index contributed by atoms with van der Waals surface area (Å²) in [5.41, 5.74) is 4.17. The number of nitrogens with zero attached hydrogens (tertiary/aromatic N) is 4. The molecule has 0 aromatic carbocycles. The van der Waals surface area contributed by atoms with Crippen molar-refractivity contribution in [3.8, 4) is 11.3 Å². The summed E-state index contributed by atoms with van der Waals surface area (Å²) in [5.74, 6) is 0.677. The Morgan fingerprint density at radius 1 is 1.31 bits per heavy atom. The third-order valence-corrected chi connectivity index (χ3v) is 4.83. The number of hydrogen-bond acceptors (Lipinski definition) is 6. The van der Waals surface area contributed by atoms with Gasteiger partial charge in [-0.2, -0.15) is 5.10 Å². The van der Waals surface area contributed by atoms with Crippen molar-refractivity contribution in [2.45, 2.75) is 39.3 Å². The second kappa shape index (κ2) is 6.84. The molecule has 7 nitrogen and oxygen atoms in total. The van der Waals surface area contributed by atoms with Gasteiger partial charge in [-0.25, -0.2) is 4.68 Å². The van der Waals surface area contributed by atoms with Crippen molar-refractivity contribution in [1.82, 2.24) is 25.2 Å². The van der Waals surface area contributed by atoms with Crippen molar-refractivity contribution in [2.75, 3.05) is 6.54 Å². The van der Waals surface area contributed by atoms with Gasteiger partial charge >= 0.3 is 0 Å². The lowest BCUT2D eigenvalue weighted by atomic mass is 10.1. The summed E-state index contributed by atoms with van der Waals surface area (Å²) in [4.78, 5) is 16.8. The van der Waals surface area contributed by atoms with Gasteiger partial charge in [-0.1, -0.05) is 5.16 Å². The molecule has 3 aromatic rings. The molecule has 26 heavy (non-hydrogen) atoms. The second-order valence-corrected chi connectivity index (χ2v) is 6.69. The zero-order valence-electron chi connectivity index (χ0n) is 14.9. The largest absolute Gasteiger partial charge is 0.361 e. The van der Waals surface area contributed by atoms with Crippen molar-refractivity contribution in [1.29, 1.82) is 0 Å². The summed E-state index contributed by atoms with van der Waals surface area (Å²) in [7, 11) is 0. The second-order valence-electron chi connectivity index (χ2n) is 6.69. The third-order valence-electron chi connectivity index (χ3n) is 4.83. The highest BCUT2D eigenvalue weighted by Gasteiger charge is 2.19. The van der Waals surface area contributed by atoms with Crippen LogP contribution in [0.25, 0.3) is 11.3 Å². The molecule has 134 valence electrons. The fraction of sp³-hybridized carbons (Fsp3) is 0.368. The van der Waals surface area contributed by atoms with Crippen LogP contribution in [-0.4, -0.2) is 26.5 Å². The van der Waals surface area contributed by atoms with Crippen molar-refractivity contribution >= 4 is 0 Å². The first-order valence-electron chi connectivity index (χ1n) is 8.80. The average Bonchev–Trinajstić information content (AvgIpc) is 3.29. The summed E-state index contributed by atoms with van der Waals surface area (Å²) in [6.45, 7) is 5.08. The average molecular weight is 351 g/mol. The van der Waals surface area contributed by atoms with E-state index >= 15 is 0 Å². The van der Waals surface area contributed by atoms with Gasteiger partial charge in [0.1, 0.15) is 11.5 Å². The number of hydrogen-bond donors (Lipinski definition) is 1. The lowest BCUT2D eigenvalue weighted by Crippen LogP contribution is -2.25. The van der Waals surface area contributed by atoms with E-state index in [1.165, 1.54) is 4.68 Å². The van der Waals surface area contributed by atoms with Crippen LogP contribution in [0.1, 0.15) is 41.5 Å². The van der Waals surface area contributed by atoms with Gasteiger partial charge in [0, 0.05) is 35.1 Å². The molecule has 1 aliphatic heterocycles. The van der Waals surface area contributed by atoms with Crippen molar-refractivity contribution < 1.29 is 4.52 Å². The van der Waals surface area contributed by atoms with Crippen LogP contribution in [0.4, 0.5) is 0 Å². The zero-order chi connectivity index (χ0) is 18.1. The van der Waals surface area contributed by atoms with E-state index in [-0.39, 0.29) is 11.6 Å². The van der Waals surface area contributed by atoms with Gasteiger partial charge in [0.15, 0.2) is 0 Å². The van der Waals surface area contributed by atoms with E-state index in [2.05, 4.69) is 20.6 Å². The number of aromatic nitrogens is 4. The lowest BCUT2D eigenvalue weighted by Gasteiger charge is -2.11. The van der Waals surface area contributed by atoms with Crippen molar-refractivity contribution in [3.05, 3.63) is 63.5 Å². The molecule has 1 unspecified atom stereocenters. The highest BCUT2D eigenvalue weighted by molar-refractivity contribution is 5.62. The molecule has 0 bridgehead atoms. The van der Waals surface area contributed by atoms with Gasteiger partial charge in [0.05, 0.1) is 12.7 Å². The van der Waals surface area contributed by atoms with E-state index < -0.39 is 0 Å². The Balaban J connectivity index is 1.64. The summed E-state index contributed by atoms with van der Waals surface area (Å²) in [6, 6.07) is 5.79. The summed E-state index contributed by atoms with van der Waals surface area (Å²) in [5, 5.41) is 11.9. The zero-order valence-corrected chi connectivity index (χ0v) is 14.9. The van der Waals surface area contributed by atoms with E-state index in [0.717, 1.165) is 41.8 Å². The Hall–Kier alpha value is -2.80. The smallest absolute Gasteiger partial charge is 0.267 e. The van der Waals surface area contributed by atoms with Gasteiger partial charge in [0.25, 0.3) is 5.56 Å². The Labute approximate surface area is 151 Å². The van der Waals surface area contributed by atoms with E-state index in [1.807, 2.05) is 26.0 Å². The van der Waals surface area contributed by atoms with Crippen molar-refractivity contribution in [2.24, 2.45) is 0 Å². The standard InChI is InChI=1S/C19H21N5O2/c1-12-5-6-14(9-21-12)19-16(13(2)26-23-19)11-24-18(25)8-15(10-22-24)17-4-3-7-20-17/h5-6,8-10,17,20H,3-4,7,11H2,1-2H3. The maximum Gasteiger partial charge on any atom is 0.267 e. The normalized spacial score (nSPS) is 16.9. The minimum absolute atomic E-state index is 0.121. The van der Waals surface area contributed by atoms with Gasteiger partial charge < -0.3 is 9.84 Å². The Morgan fingerprint density at radius 3 is 2.88 bits per heavy atom. The number of pyridine rings is 1. The van der Waals surface area contributed by atoms with E-state index in [0.29, 0.717) is 18.0 Å². The molecule has 7 heteroatoms. The molecule has 4 rings (SSSR count). The quantitative estimate of drug-likeness (QED) is 0.777. The van der Waals surface area contributed by atoms with Crippen molar-refractivity contribution in [3.63, 3.8) is 0 Å². The Kier molecular flexibility index (Phi) is 4.38. The van der Waals surface area contributed by atoms with Gasteiger partial charge in [0.2, 0.25) is 0 Å². The lowest BCUT2D eigenvalue weighted by molar-refractivity contribution is 0.397. The molecule has 1 saturated heterocycles. The first kappa shape index (κ1) is 16.7. The van der Waals surface area contributed by atoms with E-state index in [1.54, 1.807) is 18.5 Å². The van der Waals surface area contributed by atoms with Crippen LogP contribution in [0.2, 0.25) is 0 Å². The van der Waals surface area contributed by atoms with Crippen LogP contribution in [0.5, 0.6) is 0 Å². The van der Waals surface area contributed by atoms with E-state index in [4.69, 9.17) is 4.52 Å². The predicted molar refractivity (Wildman–Crippen MR) is 96.8 cm³/mol. The first-order valence-corrected chi connectivity index (χ1v) is 8.80. The molecule has 1 fully saturated rings. The van der Waals surface area contributed by atoms with Crippen LogP contribution in [-0.2, 0) is 6.54 Å². The third kappa shape index (κ3) is 3.17. The molecule has 0 aliphatic carbocycles. The summed E-state index contributed by atoms with van der Waals surface area (Å²) in [6.07, 6.45) is 5.71. The predicted octanol–water partition coefficient (Wildman–Crippen LogP) is 2.38. The van der Waals surface area contributed by atoms with E-state index in [9.17, 15) is 4.79 Å². The van der Waals surface area contributed by atoms with Crippen LogP contribution in [0.15, 0.2) is 39.9 Å². The van der Waals surface area contributed by atoms with Crippen LogP contribution >= 0.6 is 0 Å². The minimum Gasteiger partial charge on any atom is -0.361 e.